The van der Waals surface area contributed by atoms with Gasteiger partial charge in [-0.1, -0.05) is 66.0 Å². The van der Waals surface area contributed by atoms with E-state index in [4.69, 9.17) is 4.84 Å². The van der Waals surface area contributed by atoms with E-state index < -0.39 is 0 Å². The number of fused-ring (bicyclic) bond motifs is 2. The summed E-state index contributed by atoms with van der Waals surface area (Å²) in [7, 11) is 0. The van der Waals surface area contributed by atoms with Gasteiger partial charge in [-0.2, -0.15) is 0 Å². The number of amides is 1. The molecule has 1 amide bonds. The van der Waals surface area contributed by atoms with Crippen molar-refractivity contribution in [2.24, 2.45) is 11.1 Å². The first-order chi connectivity index (χ1) is 14.1. The predicted octanol–water partition coefficient (Wildman–Crippen LogP) is 5.79. The average molecular weight is 454 g/mol. The topological polar surface area (TPSA) is 62.7 Å². The molecule has 0 unspecified atom stereocenters. The van der Waals surface area contributed by atoms with Crippen molar-refractivity contribution in [2.75, 3.05) is 17.2 Å². The van der Waals surface area contributed by atoms with Crippen molar-refractivity contribution in [1.29, 1.82) is 0 Å². The SMILES string of the molecule is CCC(CC)CCO/N=C1/C(=C2/C(=O)Nc3ccc(Br)cc32)Nc2ccccc21. The van der Waals surface area contributed by atoms with Crippen LogP contribution >= 0.6 is 15.9 Å². The molecular formula is C23H24BrN3O2. The summed E-state index contributed by atoms with van der Waals surface area (Å²) < 4.78 is 0.918. The van der Waals surface area contributed by atoms with Gasteiger partial charge in [0.05, 0.1) is 11.3 Å². The number of carbonyl (C=O) groups is 1. The van der Waals surface area contributed by atoms with Gasteiger partial charge >= 0.3 is 0 Å². The van der Waals surface area contributed by atoms with E-state index in [2.05, 4.69) is 45.6 Å². The van der Waals surface area contributed by atoms with Crippen molar-refractivity contribution in [3.05, 3.63) is 63.8 Å². The maximum Gasteiger partial charge on any atom is 0.258 e. The Morgan fingerprint density at radius 3 is 2.59 bits per heavy atom. The Labute approximate surface area is 179 Å². The van der Waals surface area contributed by atoms with Crippen LogP contribution in [0.4, 0.5) is 11.4 Å². The molecule has 5 nitrogen and oxygen atoms in total. The Bertz CT molecular complexity index is 1010. The van der Waals surface area contributed by atoms with E-state index in [0.29, 0.717) is 29.5 Å². The molecule has 0 spiro atoms. The first-order valence-corrected chi connectivity index (χ1v) is 10.8. The summed E-state index contributed by atoms with van der Waals surface area (Å²) in [5.41, 5.74) is 5.45. The van der Waals surface area contributed by atoms with Crippen molar-refractivity contribution in [3.63, 3.8) is 0 Å². The smallest absolute Gasteiger partial charge is 0.258 e. The predicted molar refractivity (Wildman–Crippen MR) is 121 cm³/mol. The molecule has 4 rings (SSSR count). The molecule has 0 saturated carbocycles. The minimum absolute atomic E-state index is 0.141. The van der Waals surface area contributed by atoms with Crippen LogP contribution in [0, 0.1) is 5.92 Å². The number of allylic oxidation sites excluding steroid dienone is 1. The number of nitrogens with zero attached hydrogens (tertiary/aromatic N) is 1. The lowest BCUT2D eigenvalue weighted by Crippen LogP contribution is -2.13. The Kier molecular flexibility index (Phi) is 5.72. The molecule has 2 aromatic rings. The van der Waals surface area contributed by atoms with Gasteiger partial charge in [0, 0.05) is 27.0 Å². The first kappa shape index (κ1) is 19.7. The molecule has 2 aliphatic rings. The molecule has 0 radical (unpaired) electrons. The Morgan fingerprint density at radius 2 is 1.79 bits per heavy atom. The largest absolute Gasteiger partial charge is 0.395 e. The molecule has 2 aliphatic heterocycles. The van der Waals surface area contributed by atoms with E-state index in [1.807, 2.05) is 42.5 Å². The third-order valence-electron chi connectivity index (χ3n) is 5.58. The lowest BCUT2D eigenvalue weighted by molar-refractivity contribution is -0.110. The average Bonchev–Trinajstić information content (AvgIpc) is 3.24. The number of hydrogen-bond donors (Lipinski definition) is 2. The summed E-state index contributed by atoms with van der Waals surface area (Å²) in [5.74, 6) is 0.505. The van der Waals surface area contributed by atoms with Gasteiger partial charge in [-0.05, 0) is 36.6 Å². The van der Waals surface area contributed by atoms with Crippen molar-refractivity contribution < 1.29 is 9.63 Å². The van der Waals surface area contributed by atoms with E-state index in [9.17, 15) is 4.79 Å². The maximum absolute atomic E-state index is 12.8. The molecule has 6 heteroatoms. The quantitative estimate of drug-likeness (QED) is 0.330. The Balaban J connectivity index is 1.71. The van der Waals surface area contributed by atoms with Crippen LogP contribution in [0.3, 0.4) is 0 Å². The van der Waals surface area contributed by atoms with Crippen LogP contribution in [0.1, 0.15) is 44.2 Å². The molecule has 29 heavy (non-hydrogen) atoms. The van der Waals surface area contributed by atoms with Crippen molar-refractivity contribution in [2.45, 2.75) is 33.1 Å². The fourth-order valence-corrected chi connectivity index (χ4v) is 4.18. The lowest BCUT2D eigenvalue weighted by Gasteiger charge is -2.11. The monoisotopic (exact) mass is 453 g/mol. The third kappa shape index (κ3) is 3.81. The molecular weight excluding hydrogens is 430 g/mol. The fourth-order valence-electron chi connectivity index (χ4n) is 3.82. The molecule has 2 N–H and O–H groups in total. The second kappa shape index (κ2) is 8.41. The van der Waals surface area contributed by atoms with E-state index >= 15 is 0 Å². The summed E-state index contributed by atoms with van der Waals surface area (Å²) in [6, 6.07) is 13.7. The zero-order valence-corrected chi connectivity index (χ0v) is 18.2. The number of halogens is 1. The van der Waals surface area contributed by atoms with Crippen LogP contribution in [-0.2, 0) is 9.63 Å². The number of para-hydroxylation sites is 1. The van der Waals surface area contributed by atoms with Gasteiger partial charge in [-0.25, -0.2) is 0 Å². The van der Waals surface area contributed by atoms with Gasteiger partial charge in [0.15, 0.2) is 0 Å². The van der Waals surface area contributed by atoms with Crippen LogP contribution in [-0.4, -0.2) is 18.2 Å². The maximum atomic E-state index is 12.8. The second-order valence-electron chi connectivity index (χ2n) is 7.31. The Hall–Kier alpha value is -2.60. The minimum atomic E-state index is -0.141. The molecule has 0 bridgehead atoms. The fraction of sp³-hybridized carbons (Fsp3) is 0.304. The molecule has 0 fully saturated rings. The number of rotatable bonds is 6. The standard InChI is InChI=1S/C23H24BrN3O2/c1-3-14(4-2)11-12-29-27-21-16-7-5-6-8-18(16)25-22(21)20-17-13-15(24)9-10-19(17)26-23(20)28/h5-10,13-14,25H,3-4,11-12H2,1-2H3,(H,26,28)/b22-20-,27-21+. The number of oxime groups is 1. The van der Waals surface area contributed by atoms with E-state index in [1.54, 1.807) is 0 Å². The van der Waals surface area contributed by atoms with Crippen LogP contribution in [0.2, 0.25) is 0 Å². The molecule has 150 valence electrons. The molecule has 0 saturated heterocycles. The highest BCUT2D eigenvalue weighted by Crippen LogP contribution is 2.40. The molecule has 0 aromatic heterocycles. The number of hydrogen-bond acceptors (Lipinski definition) is 4. The van der Waals surface area contributed by atoms with Gasteiger partial charge < -0.3 is 15.5 Å². The van der Waals surface area contributed by atoms with Gasteiger partial charge in [0.25, 0.3) is 5.91 Å². The van der Waals surface area contributed by atoms with Crippen LogP contribution in [0.5, 0.6) is 0 Å². The minimum Gasteiger partial charge on any atom is -0.395 e. The zero-order chi connectivity index (χ0) is 20.4. The first-order valence-electron chi connectivity index (χ1n) is 10.0. The van der Waals surface area contributed by atoms with E-state index in [-0.39, 0.29) is 5.91 Å². The third-order valence-corrected chi connectivity index (χ3v) is 6.08. The molecule has 0 aliphatic carbocycles. The van der Waals surface area contributed by atoms with E-state index in [1.165, 1.54) is 0 Å². The van der Waals surface area contributed by atoms with E-state index in [0.717, 1.165) is 46.2 Å². The summed E-state index contributed by atoms with van der Waals surface area (Å²) >= 11 is 3.51. The van der Waals surface area contributed by atoms with Crippen LogP contribution in [0.15, 0.2) is 57.8 Å². The van der Waals surface area contributed by atoms with Crippen LogP contribution < -0.4 is 10.6 Å². The highest BCUT2D eigenvalue weighted by molar-refractivity contribution is 9.10. The number of nitrogens with one attached hydrogen (secondary N) is 2. The van der Waals surface area contributed by atoms with Gasteiger partial charge in [-0.15, -0.1) is 0 Å². The van der Waals surface area contributed by atoms with Crippen molar-refractivity contribution in [3.8, 4) is 0 Å². The van der Waals surface area contributed by atoms with Crippen molar-refractivity contribution >= 4 is 44.5 Å². The normalized spacial score (nSPS) is 18.6. The van der Waals surface area contributed by atoms with Gasteiger partial charge in [-0.3, -0.25) is 4.79 Å². The number of benzene rings is 2. The molecule has 2 heterocycles. The molecule has 0 atom stereocenters. The second-order valence-corrected chi connectivity index (χ2v) is 8.22. The van der Waals surface area contributed by atoms with Gasteiger partial charge in [0.2, 0.25) is 0 Å². The van der Waals surface area contributed by atoms with Crippen molar-refractivity contribution in [1.82, 2.24) is 0 Å². The lowest BCUT2D eigenvalue weighted by atomic mass is 10.0. The van der Waals surface area contributed by atoms with Crippen LogP contribution in [0.25, 0.3) is 5.57 Å². The number of anilines is 2. The summed E-state index contributed by atoms with van der Waals surface area (Å²) in [6.07, 6.45) is 3.25. The Morgan fingerprint density at radius 1 is 1.03 bits per heavy atom. The highest BCUT2D eigenvalue weighted by Gasteiger charge is 2.34. The highest BCUT2D eigenvalue weighted by atomic mass is 79.9. The zero-order valence-electron chi connectivity index (χ0n) is 16.6. The summed E-state index contributed by atoms with van der Waals surface area (Å²) in [6.45, 7) is 4.97. The summed E-state index contributed by atoms with van der Waals surface area (Å²) in [4.78, 5) is 18.5. The van der Waals surface area contributed by atoms with Gasteiger partial charge in [0.1, 0.15) is 12.3 Å². The number of carbonyl (C=O) groups excluding carboxylic acids is 1. The summed E-state index contributed by atoms with van der Waals surface area (Å²) in [5, 5.41) is 10.8. The molecule has 2 aromatic carbocycles.